The van der Waals surface area contributed by atoms with Crippen LogP contribution in [0, 0.1) is 0 Å². The van der Waals surface area contributed by atoms with Gasteiger partial charge in [0, 0.05) is 32.8 Å². The summed E-state index contributed by atoms with van der Waals surface area (Å²) in [6.07, 6.45) is 1.50. The molecule has 0 aromatic heterocycles. The molecule has 0 radical (unpaired) electrons. The maximum atomic E-state index is 12.3. The highest BCUT2D eigenvalue weighted by Gasteiger charge is 2.32. The highest BCUT2D eigenvalue weighted by atomic mass is 16.5. The van der Waals surface area contributed by atoms with Crippen LogP contribution in [-0.4, -0.2) is 92.2 Å². The lowest BCUT2D eigenvalue weighted by molar-refractivity contribution is 0.0708. The summed E-state index contributed by atoms with van der Waals surface area (Å²) in [5, 5.41) is 12.5. The molecule has 0 aliphatic carbocycles. The summed E-state index contributed by atoms with van der Waals surface area (Å²) in [5.41, 5.74) is 0. The number of likely N-dealkylation sites (tertiary alicyclic amines) is 1. The normalized spacial score (nSPS) is 28.1. The van der Waals surface area contributed by atoms with Crippen LogP contribution in [0.1, 0.15) is 19.8 Å². The van der Waals surface area contributed by atoms with Crippen LogP contribution in [0.4, 0.5) is 4.79 Å². The van der Waals surface area contributed by atoms with Crippen molar-refractivity contribution in [1.82, 2.24) is 15.1 Å². The van der Waals surface area contributed by atoms with Gasteiger partial charge >= 0.3 is 6.03 Å². The highest BCUT2D eigenvalue weighted by Crippen LogP contribution is 2.16. The highest BCUT2D eigenvalue weighted by molar-refractivity contribution is 5.74. The van der Waals surface area contributed by atoms with Gasteiger partial charge in [-0.1, -0.05) is 0 Å². The van der Waals surface area contributed by atoms with Gasteiger partial charge in [0.2, 0.25) is 0 Å². The first-order valence-electron chi connectivity index (χ1n) is 8.05. The Balaban J connectivity index is 1.75. The average Bonchev–Trinajstić information content (AvgIpc) is 2.93. The number of rotatable bonds is 5. The van der Waals surface area contributed by atoms with Crippen molar-refractivity contribution in [1.29, 1.82) is 0 Å². The van der Waals surface area contributed by atoms with Gasteiger partial charge in [0.15, 0.2) is 0 Å². The van der Waals surface area contributed by atoms with Crippen molar-refractivity contribution in [2.24, 2.45) is 0 Å². The monoisotopic (exact) mass is 315 g/mol. The number of nitrogens with one attached hydrogen (secondary N) is 1. The zero-order chi connectivity index (χ0) is 16.1. The van der Waals surface area contributed by atoms with E-state index in [-0.39, 0.29) is 24.3 Å². The summed E-state index contributed by atoms with van der Waals surface area (Å²) in [6, 6.07) is 0.336. The van der Waals surface area contributed by atoms with Crippen molar-refractivity contribution in [3.63, 3.8) is 0 Å². The molecule has 1 unspecified atom stereocenters. The molecule has 0 aromatic carbocycles. The Hall–Kier alpha value is -0.890. The summed E-state index contributed by atoms with van der Waals surface area (Å²) >= 11 is 0. The maximum Gasteiger partial charge on any atom is 0.317 e. The third-order valence-electron chi connectivity index (χ3n) is 4.57. The SMILES string of the molecule is CO[C@@H]1COC[C@H]1NC(=O)N1CCC(N(C)CC(C)O)CC1. The van der Waals surface area contributed by atoms with Gasteiger partial charge < -0.3 is 29.7 Å². The predicted octanol–water partition coefficient (Wildman–Crippen LogP) is -0.113. The van der Waals surface area contributed by atoms with Gasteiger partial charge in [-0.2, -0.15) is 0 Å². The van der Waals surface area contributed by atoms with Crippen molar-refractivity contribution >= 4 is 6.03 Å². The van der Waals surface area contributed by atoms with Crippen LogP contribution in [0.15, 0.2) is 0 Å². The van der Waals surface area contributed by atoms with E-state index in [2.05, 4.69) is 10.2 Å². The zero-order valence-electron chi connectivity index (χ0n) is 13.8. The van der Waals surface area contributed by atoms with Crippen LogP contribution >= 0.6 is 0 Å². The van der Waals surface area contributed by atoms with Crippen LogP contribution in [0.25, 0.3) is 0 Å². The Morgan fingerprint density at radius 2 is 2.14 bits per heavy atom. The van der Waals surface area contributed by atoms with Crippen molar-refractivity contribution in [2.45, 2.75) is 44.1 Å². The van der Waals surface area contributed by atoms with Gasteiger partial charge in [0.05, 0.1) is 25.4 Å². The molecule has 7 nitrogen and oxygen atoms in total. The molecule has 3 atom stereocenters. The maximum absolute atomic E-state index is 12.3. The van der Waals surface area contributed by atoms with Crippen LogP contribution in [-0.2, 0) is 9.47 Å². The number of hydrogen-bond donors (Lipinski definition) is 2. The second-order valence-corrected chi connectivity index (χ2v) is 6.37. The summed E-state index contributed by atoms with van der Waals surface area (Å²) < 4.78 is 10.7. The quantitative estimate of drug-likeness (QED) is 0.740. The Morgan fingerprint density at radius 1 is 1.45 bits per heavy atom. The summed E-state index contributed by atoms with van der Waals surface area (Å²) in [7, 11) is 3.67. The van der Waals surface area contributed by atoms with E-state index in [4.69, 9.17) is 9.47 Å². The van der Waals surface area contributed by atoms with E-state index in [1.54, 1.807) is 14.0 Å². The molecule has 0 bridgehead atoms. The topological polar surface area (TPSA) is 74.3 Å². The Labute approximate surface area is 132 Å². The lowest BCUT2D eigenvalue weighted by Gasteiger charge is -2.37. The minimum atomic E-state index is -0.320. The second kappa shape index (κ2) is 8.10. The second-order valence-electron chi connectivity index (χ2n) is 6.37. The van der Waals surface area contributed by atoms with Crippen molar-refractivity contribution in [3.05, 3.63) is 0 Å². The van der Waals surface area contributed by atoms with E-state index >= 15 is 0 Å². The first-order valence-corrected chi connectivity index (χ1v) is 8.05. The van der Waals surface area contributed by atoms with Crippen LogP contribution in [0.2, 0.25) is 0 Å². The summed E-state index contributed by atoms with van der Waals surface area (Å²) in [5.74, 6) is 0. The van der Waals surface area contributed by atoms with E-state index in [1.807, 2.05) is 11.9 Å². The van der Waals surface area contributed by atoms with Gasteiger partial charge in [0.25, 0.3) is 0 Å². The number of methoxy groups -OCH3 is 1. The van der Waals surface area contributed by atoms with Gasteiger partial charge in [0.1, 0.15) is 6.10 Å². The number of aliphatic hydroxyl groups excluding tert-OH is 1. The van der Waals surface area contributed by atoms with E-state index < -0.39 is 0 Å². The lowest BCUT2D eigenvalue weighted by Crippen LogP contribution is -2.53. The average molecular weight is 315 g/mol. The fourth-order valence-electron chi connectivity index (χ4n) is 3.23. The molecule has 2 rings (SSSR count). The minimum absolute atomic E-state index is 0.0332. The summed E-state index contributed by atoms with van der Waals surface area (Å²) in [4.78, 5) is 16.4. The van der Waals surface area contributed by atoms with Gasteiger partial charge in [-0.25, -0.2) is 4.79 Å². The smallest absolute Gasteiger partial charge is 0.317 e. The largest absolute Gasteiger partial charge is 0.392 e. The molecular formula is C15H29N3O4. The van der Waals surface area contributed by atoms with Crippen molar-refractivity contribution in [2.75, 3.05) is 47.0 Å². The number of amides is 2. The molecule has 2 heterocycles. The molecule has 2 saturated heterocycles. The van der Waals surface area contributed by atoms with E-state index in [0.29, 0.717) is 25.8 Å². The van der Waals surface area contributed by atoms with Crippen molar-refractivity contribution < 1.29 is 19.4 Å². The number of ether oxygens (including phenoxy) is 2. The number of likely N-dealkylation sites (N-methyl/N-ethyl adjacent to an activating group) is 1. The standard InChI is InChI=1S/C15H29N3O4/c1-11(19)8-17(2)12-4-6-18(7-5-12)15(20)16-13-9-22-10-14(13)21-3/h11-14,19H,4-10H2,1-3H3,(H,16,20)/t11?,13-,14-/m1/s1. The van der Waals surface area contributed by atoms with Crippen LogP contribution in [0.5, 0.6) is 0 Å². The molecule has 2 N–H and O–H groups in total. The minimum Gasteiger partial charge on any atom is -0.392 e. The molecule has 2 aliphatic rings. The number of piperidine rings is 1. The third kappa shape index (κ3) is 4.55. The molecule has 0 aromatic rings. The fraction of sp³-hybridized carbons (Fsp3) is 0.933. The van der Waals surface area contributed by atoms with E-state index in [0.717, 1.165) is 25.9 Å². The molecular weight excluding hydrogens is 286 g/mol. The van der Waals surface area contributed by atoms with E-state index in [1.165, 1.54) is 0 Å². The molecule has 7 heteroatoms. The number of urea groups is 1. The Morgan fingerprint density at radius 3 is 2.73 bits per heavy atom. The Bertz CT molecular complexity index is 359. The third-order valence-corrected chi connectivity index (χ3v) is 4.57. The molecule has 2 aliphatic heterocycles. The predicted molar refractivity (Wildman–Crippen MR) is 82.8 cm³/mol. The molecule has 22 heavy (non-hydrogen) atoms. The fourth-order valence-corrected chi connectivity index (χ4v) is 3.23. The van der Waals surface area contributed by atoms with E-state index in [9.17, 15) is 9.90 Å². The van der Waals surface area contributed by atoms with Gasteiger partial charge in [-0.05, 0) is 26.8 Å². The van der Waals surface area contributed by atoms with Gasteiger partial charge in [-0.3, -0.25) is 0 Å². The number of nitrogens with zero attached hydrogens (tertiary/aromatic N) is 2. The van der Waals surface area contributed by atoms with Crippen molar-refractivity contribution in [3.8, 4) is 0 Å². The molecule has 0 saturated carbocycles. The first kappa shape index (κ1) is 17.5. The lowest BCUT2D eigenvalue weighted by atomic mass is 10.0. The Kier molecular flexibility index (Phi) is 6.43. The van der Waals surface area contributed by atoms with Crippen LogP contribution in [0.3, 0.4) is 0 Å². The number of carbonyl (C=O) groups is 1. The first-order chi connectivity index (χ1) is 10.5. The van der Waals surface area contributed by atoms with Gasteiger partial charge in [-0.15, -0.1) is 0 Å². The molecule has 128 valence electrons. The summed E-state index contributed by atoms with van der Waals surface area (Å²) in [6.45, 7) is 5.00. The molecule has 2 amide bonds. The number of carbonyl (C=O) groups excluding carboxylic acids is 1. The number of hydrogen-bond acceptors (Lipinski definition) is 5. The zero-order valence-corrected chi connectivity index (χ0v) is 13.8. The molecule has 0 spiro atoms. The van der Waals surface area contributed by atoms with Crippen LogP contribution < -0.4 is 5.32 Å². The molecule has 2 fully saturated rings. The number of aliphatic hydroxyl groups is 1.